The van der Waals surface area contributed by atoms with Crippen LogP contribution in [0.25, 0.3) is 0 Å². The third-order valence-corrected chi connectivity index (χ3v) is 11.8. The summed E-state index contributed by atoms with van der Waals surface area (Å²) in [4.78, 5) is 54.8. The van der Waals surface area contributed by atoms with E-state index in [1.54, 1.807) is 0 Å². The molecule has 2 N–H and O–H groups in total. The quantitative estimate of drug-likeness (QED) is 0.0980. The number of aromatic nitrogens is 4. The Labute approximate surface area is 308 Å². The Kier molecular flexibility index (Phi) is 14.9. The number of amides is 4. The van der Waals surface area contributed by atoms with E-state index in [0.717, 1.165) is 59.2 Å². The second-order valence-corrected chi connectivity index (χ2v) is 17.6. The molecular formula is C30H40N8O4S6. The maximum atomic E-state index is 13.3. The van der Waals surface area contributed by atoms with Crippen LogP contribution >= 0.6 is 70.6 Å². The molecule has 0 spiro atoms. The lowest BCUT2D eigenvalue weighted by Gasteiger charge is -2.14. The number of thioether (sulfide) groups is 2. The van der Waals surface area contributed by atoms with Crippen molar-refractivity contribution in [3.8, 4) is 0 Å². The molecule has 2 fully saturated rings. The van der Waals surface area contributed by atoms with Crippen molar-refractivity contribution in [1.29, 1.82) is 0 Å². The van der Waals surface area contributed by atoms with Crippen LogP contribution in [0.3, 0.4) is 0 Å². The van der Waals surface area contributed by atoms with E-state index >= 15 is 0 Å². The second-order valence-electron chi connectivity index (χ2n) is 12.2. The van der Waals surface area contributed by atoms with Crippen molar-refractivity contribution in [2.45, 2.75) is 91.9 Å². The molecule has 0 aromatic carbocycles. The molecule has 0 atom stereocenters. The highest BCUT2D eigenvalue weighted by molar-refractivity contribution is 8.29. The largest absolute Gasteiger partial charge is 0.301 e. The molecule has 4 heterocycles. The van der Waals surface area contributed by atoms with E-state index in [0.29, 0.717) is 92.2 Å². The fourth-order valence-electron chi connectivity index (χ4n) is 4.76. The standard InChI is InChI=1S/C30H40N8O4S6/c1-17(2)15-21-33-35-27(45-21)31-19(39)11-7-5-9-13-37-25(41)23(47-29(37)43)24-26(42)38(30(44)48-24)14-10-6-8-12-20(40)32-28-36-34-22(46-28)16-18(3)4/h17-18H,5-16H2,1-4H3,(H,31,35,39)(H,32,36,40). The van der Waals surface area contributed by atoms with E-state index in [-0.39, 0.29) is 23.6 Å². The number of carbonyl (C=O) groups is 4. The Bertz CT molecular complexity index is 1440. The van der Waals surface area contributed by atoms with Gasteiger partial charge in [-0.15, -0.1) is 20.4 Å². The van der Waals surface area contributed by atoms with E-state index < -0.39 is 0 Å². The fourth-order valence-corrected chi connectivity index (χ4v) is 9.46. The van der Waals surface area contributed by atoms with Crippen LogP contribution < -0.4 is 10.6 Å². The van der Waals surface area contributed by atoms with E-state index in [4.69, 9.17) is 24.4 Å². The lowest BCUT2D eigenvalue weighted by Crippen LogP contribution is -2.31. The van der Waals surface area contributed by atoms with Gasteiger partial charge in [-0.1, -0.05) is 111 Å². The molecule has 0 saturated carbocycles. The van der Waals surface area contributed by atoms with E-state index in [1.165, 1.54) is 32.5 Å². The van der Waals surface area contributed by atoms with Gasteiger partial charge in [-0.05, 0) is 37.5 Å². The molecule has 0 bridgehead atoms. The monoisotopic (exact) mass is 768 g/mol. The Morgan fingerprint density at radius 2 is 1.04 bits per heavy atom. The molecule has 4 rings (SSSR count). The minimum atomic E-state index is -0.283. The number of hydrogen-bond donors (Lipinski definition) is 2. The fraction of sp³-hybridized carbons (Fsp3) is 0.600. The molecular weight excluding hydrogens is 729 g/mol. The first-order chi connectivity index (χ1) is 22.9. The summed E-state index contributed by atoms with van der Waals surface area (Å²) < 4.78 is 0.823. The zero-order valence-electron chi connectivity index (χ0n) is 27.4. The summed E-state index contributed by atoms with van der Waals surface area (Å²) in [6.45, 7) is 9.26. The number of thiocarbonyl (C=S) groups is 2. The molecule has 0 radical (unpaired) electrons. The number of nitrogens with one attached hydrogen (secondary N) is 2. The van der Waals surface area contributed by atoms with Gasteiger partial charge in [0.2, 0.25) is 22.1 Å². The summed E-state index contributed by atoms with van der Waals surface area (Å²) in [6, 6.07) is 0. The topological polar surface area (TPSA) is 150 Å². The van der Waals surface area contributed by atoms with Crippen molar-refractivity contribution in [2.24, 2.45) is 11.8 Å². The molecule has 2 aromatic rings. The normalized spacial score (nSPS) is 16.7. The molecule has 4 amide bonds. The van der Waals surface area contributed by atoms with Crippen LogP contribution in [0.2, 0.25) is 0 Å². The SMILES string of the molecule is CC(C)Cc1nnc(NC(=O)CCCCCN2C(=O)C(=C3SC(=S)N(CCCCCC(=O)Nc4nnc(CC(C)C)s4)C3=O)SC2=S)s1. The van der Waals surface area contributed by atoms with Gasteiger partial charge >= 0.3 is 0 Å². The van der Waals surface area contributed by atoms with Crippen molar-refractivity contribution >= 4 is 113 Å². The predicted molar refractivity (Wildman–Crippen MR) is 202 cm³/mol. The van der Waals surface area contributed by atoms with Crippen LogP contribution in [-0.2, 0) is 32.0 Å². The number of hydrogen-bond acceptors (Lipinski definition) is 14. The Hall–Kier alpha value is -2.38. The summed E-state index contributed by atoms with van der Waals surface area (Å²) in [5.41, 5.74) is 0. The molecule has 0 aliphatic carbocycles. The first-order valence-electron chi connectivity index (χ1n) is 16.0. The van der Waals surface area contributed by atoms with Gasteiger partial charge in [0, 0.05) is 38.8 Å². The van der Waals surface area contributed by atoms with Crippen LogP contribution in [-0.4, -0.2) is 75.6 Å². The highest BCUT2D eigenvalue weighted by atomic mass is 32.2. The first-order valence-corrected chi connectivity index (χ1v) is 20.1. The average molecular weight is 769 g/mol. The van der Waals surface area contributed by atoms with E-state index in [1.807, 2.05) is 0 Å². The summed E-state index contributed by atoms with van der Waals surface area (Å²) in [5, 5.41) is 24.8. The Morgan fingerprint density at radius 3 is 1.42 bits per heavy atom. The van der Waals surface area contributed by atoms with Crippen molar-refractivity contribution in [3.63, 3.8) is 0 Å². The van der Waals surface area contributed by atoms with Gasteiger partial charge in [0.25, 0.3) is 11.8 Å². The molecule has 2 aliphatic heterocycles. The van der Waals surface area contributed by atoms with Gasteiger partial charge in [0.15, 0.2) is 0 Å². The van der Waals surface area contributed by atoms with Gasteiger partial charge in [-0.3, -0.25) is 29.0 Å². The minimum Gasteiger partial charge on any atom is -0.301 e. The first kappa shape index (κ1) is 38.4. The van der Waals surface area contributed by atoms with E-state index in [9.17, 15) is 19.2 Å². The summed E-state index contributed by atoms with van der Waals surface area (Å²) >= 11 is 16.0. The van der Waals surface area contributed by atoms with Crippen LogP contribution in [0.5, 0.6) is 0 Å². The summed E-state index contributed by atoms with van der Waals surface area (Å²) in [5.74, 6) is 0.154. The second kappa shape index (κ2) is 18.6. The third-order valence-electron chi connectivity index (χ3n) is 7.07. The molecule has 2 aromatic heterocycles. The third kappa shape index (κ3) is 11.3. The predicted octanol–water partition coefficient (Wildman–Crippen LogP) is 6.42. The Balaban J connectivity index is 1.14. The van der Waals surface area contributed by atoms with E-state index in [2.05, 4.69) is 58.7 Å². The number of rotatable bonds is 18. The molecule has 12 nitrogen and oxygen atoms in total. The van der Waals surface area contributed by atoms with Gasteiger partial charge in [-0.25, -0.2) is 0 Å². The maximum absolute atomic E-state index is 13.3. The number of carbonyl (C=O) groups excluding carboxylic acids is 4. The summed E-state index contributed by atoms with van der Waals surface area (Å²) in [6.07, 6.45) is 6.47. The Morgan fingerprint density at radius 1 is 0.646 bits per heavy atom. The van der Waals surface area contributed by atoms with Crippen LogP contribution in [0.4, 0.5) is 10.3 Å². The number of unbranched alkanes of at least 4 members (excludes halogenated alkanes) is 4. The van der Waals surface area contributed by atoms with Crippen molar-refractivity contribution in [3.05, 3.63) is 19.8 Å². The highest BCUT2D eigenvalue weighted by Gasteiger charge is 2.41. The number of nitrogens with zero attached hydrogens (tertiary/aromatic N) is 6. The molecule has 2 saturated heterocycles. The smallest absolute Gasteiger partial charge is 0.267 e. The van der Waals surface area contributed by atoms with Crippen molar-refractivity contribution in [1.82, 2.24) is 30.2 Å². The van der Waals surface area contributed by atoms with Crippen molar-refractivity contribution in [2.75, 3.05) is 23.7 Å². The molecule has 2 aliphatic rings. The van der Waals surface area contributed by atoms with Crippen LogP contribution in [0.15, 0.2) is 9.81 Å². The molecule has 48 heavy (non-hydrogen) atoms. The van der Waals surface area contributed by atoms with Crippen LogP contribution in [0.1, 0.15) is 89.1 Å². The lowest BCUT2D eigenvalue weighted by atomic mass is 10.1. The zero-order valence-corrected chi connectivity index (χ0v) is 32.3. The summed E-state index contributed by atoms with van der Waals surface area (Å²) in [7, 11) is 0. The molecule has 260 valence electrons. The van der Waals surface area contributed by atoms with Gasteiger partial charge in [-0.2, -0.15) is 0 Å². The van der Waals surface area contributed by atoms with Gasteiger partial charge in [0.05, 0.1) is 9.81 Å². The zero-order chi connectivity index (χ0) is 34.8. The maximum Gasteiger partial charge on any atom is 0.267 e. The van der Waals surface area contributed by atoms with Crippen LogP contribution in [0, 0.1) is 11.8 Å². The minimum absolute atomic E-state index is 0.111. The van der Waals surface area contributed by atoms with Crippen molar-refractivity contribution < 1.29 is 19.2 Å². The molecule has 0 unspecified atom stereocenters. The lowest BCUT2D eigenvalue weighted by molar-refractivity contribution is -0.124. The number of anilines is 2. The van der Waals surface area contributed by atoms with Gasteiger partial charge in [0.1, 0.15) is 18.7 Å². The average Bonchev–Trinajstić information content (AvgIpc) is 3.76. The van der Waals surface area contributed by atoms with Gasteiger partial charge < -0.3 is 10.6 Å². The molecule has 18 heteroatoms. The highest BCUT2D eigenvalue weighted by Crippen LogP contribution is 2.42.